The normalized spacial score (nSPS) is 16.7. The van der Waals surface area contributed by atoms with E-state index in [0.29, 0.717) is 23.6 Å². The molecule has 0 spiro atoms. The van der Waals surface area contributed by atoms with E-state index in [-0.39, 0.29) is 11.8 Å². The largest absolute Gasteiger partial charge is 0.283 e. The Hall–Kier alpha value is -2.67. The summed E-state index contributed by atoms with van der Waals surface area (Å²) in [6, 6.07) is 6.29. The van der Waals surface area contributed by atoms with Gasteiger partial charge in [0.2, 0.25) is 11.2 Å². The predicted molar refractivity (Wildman–Crippen MR) is 123 cm³/mol. The van der Waals surface area contributed by atoms with Crippen LogP contribution >= 0.6 is 11.3 Å². The SMILES string of the molecule is CC/C(=C\C1C(C)=Nc2ccc(C)cc21)C(=N)n1nc(CCC(C)C)sc1=NC=O. The van der Waals surface area contributed by atoms with Gasteiger partial charge in [0.1, 0.15) is 5.01 Å². The maximum absolute atomic E-state index is 11.1. The van der Waals surface area contributed by atoms with Crippen LogP contribution in [0.4, 0.5) is 5.69 Å². The fourth-order valence-corrected chi connectivity index (χ4v) is 4.40. The van der Waals surface area contributed by atoms with Gasteiger partial charge in [0.05, 0.1) is 5.69 Å². The third-order valence-electron chi connectivity index (χ3n) is 5.23. The lowest BCUT2D eigenvalue weighted by Gasteiger charge is -2.13. The molecule has 2 aromatic rings. The van der Waals surface area contributed by atoms with E-state index in [1.807, 2.05) is 13.8 Å². The number of hydrogen-bond donors (Lipinski definition) is 1. The van der Waals surface area contributed by atoms with Crippen molar-refractivity contribution in [3.63, 3.8) is 0 Å². The number of fused-ring (bicyclic) bond motifs is 1. The lowest BCUT2D eigenvalue weighted by atomic mass is 9.92. The zero-order chi connectivity index (χ0) is 21.8. The third kappa shape index (κ3) is 4.73. The molecule has 1 amide bonds. The fourth-order valence-electron chi connectivity index (χ4n) is 3.53. The first-order chi connectivity index (χ1) is 14.3. The molecular weight excluding hydrogens is 394 g/mol. The molecule has 0 aliphatic carbocycles. The van der Waals surface area contributed by atoms with Crippen LogP contribution in [0.3, 0.4) is 0 Å². The molecule has 2 heterocycles. The molecule has 1 aliphatic rings. The Morgan fingerprint density at radius 3 is 2.80 bits per heavy atom. The number of aryl methyl sites for hydroxylation is 2. The zero-order valence-electron chi connectivity index (χ0n) is 18.3. The zero-order valence-corrected chi connectivity index (χ0v) is 19.1. The Morgan fingerprint density at radius 2 is 2.13 bits per heavy atom. The van der Waals surface area contributed by atoms with Crippen molar-refractivity contribution in [3.05, 3.63) is 50.8 Å². The second-order valence-corrected chi connectivity index (χ2v) is 9.08. The van der Waals surface area contributed by atoms with E-state index < -0.39 is 0 Å². The van der Waals surface area contributed by atoms with E-state index in [2.05, 4.69) is 55.1 Å². The van der Waals surface area contributed by atoms with Gasteiger partial charge in [0.15, 0.2) is 5.84 Å². The molecule has 7 heteroatoms. The molecule has 0 fully saturated rings. The summed E-state index contributed by atoms with van der Waals surface area (Å²) in [5.74, 6) is 0.868. The summed E-state index contributed by atoms with van der Waals surface area (Å²) in [5, 5.41) is 14.3. The summed E-state index contributed by atoms with van der Waals surface area (Å²) < 4.78 is 1.50. The molecule has 0 radical (unpaired) electrons. The van der Waals surface area contributed by atoms with E-state index >= 15 is 0 Å². The second kappa shape index (κ2) is 9.43. The Labute approximate surface area is 181 Å². The number of carbonyl (C=O) groups is 1. The molecule has 158 valence electrons. The smallest absolute Gasteiger partial charge is 0.235 e. The first-order valence-electron chi connectivity index (χ1n) is 10.4. The van der Waals surface area contributed by atoms with Crippen LogP contribution in [0.15, 0.2) is 39.8 Å². The van der Waals surface area contributed by atoms with Gasteiger partial charge in [-0.15, -0.1) is 0 Å². The molecular formula is C23H29N5OS. The van der Waals surface area contributed by atoms with Crippen molar-refractivity contribution in [1.29, 1.82) is 5.41 Å². The lowest BCUT2D eigenvalue weighted by molar-refractivity contribution is -0.107. The average Bonchev–Trinajstić information content (AvgIpc) is 3.24. The summed E-state index contributed by atoms with van der Waals surface area (Å²) in [6.45, 7) is 10.5. The summed E-state index contributed by atoms with van der Waals surface area (Å²) in [7, 11) is 0. The van der Waals surface area contributed by atoms with Crippen LogP contribution in [0.25, 0.3) is 0 Å². The van der Waals surface area contributed by atoms with Crippen molar-refractivity contribution in [1.82, 2.24) is 9.78 Å². The quantitative estimate of drug-likeness (QED) is 0.388. The first kappa shape index (κ1) is 22.0. The van der Waals surface area contributed by atoms with Crippen molar-refractivity contribution < 1.29 is 4.79 Å². The van der Waals surface area contributed by atoms with E-state index in [0.717, 1.165) is 34.8 Å². The first-order valence-corrected chi connectivity index (χ1v) is 11.2. The number of aliphatic imine (C=N–C) groups is 1. The van der Waals surface area contributed by atoms with Gasteiger partial charge in [-0.25, -0.2) is 0 Å². The number of nitrogens with one attached hydrogen (secondary N) is 1. The monoisotopic (exact) mass is 423 g/mol. The molecule has 6 nitrogen and oxygen atoms in total. The summed E-state index contributed by atoms with van der Waals surface area (Å²) in [6.07, 6.45) is 5.13. The highest BCUT2D eigenvalue weighted by molar-refractivity contribution is 7.08. The maximum Gasteiger partial charge on any atom is 0.235 e. The highest BCUT2D eigenvalue weighted by Crippen LogP contribution is 2.37. The van der Waals surface area contributed by atoms with Gasteiger partial charge in [0, 0.05) is 18.1 Å². The molecule has 1 aliphatic heterocycles. The van der Waals surface area contributed by atoms with Crippen molar-refractivity contribution in [2.45, 2.75) is 59.8 Å². The predicted octanol–water partition coefficient (Wildman–Crippen LogP) is 4.95. The number of benzene rings is 1. The highest BCUT2D eigenvalue weighted by atomic mass is 32.1. The standard InChI is InChI=1S/C23H29N5OS/c1-6-17(12-18-16(5)26-20-9-8-15(4)11-19(18)20)22(24)28-23(25-13-29)30-21(27-28)10-7-14(2)3/h8-9,11-14,18,24H,6-7,10H2,1-5H3/b17-12+,24-22?,25-23?. The summed E-state index contributed by atoms with van der Waals surface area (Å²) in [4.78, 5) is 20.1. The van der Waals surface area contributed by atoms with Crippen molar-refractivity contribution in [3.8, 4) is 0 Å². The van der Waals surface area contributed by atoms with Crippen LogP contribution in [-0.2, 0) is 11.2 Å². The third-order valence-corrected chi connectivity index (χ3v) is 6.21. The number of hydrogen-bond acceptors (Lipinski definition) is 5. The minimum absolute atomic E-state index is 0.0429. The van der Waals surface area contributed by atoms with Crippen LogP contribution in [-0.4, -0.2) is 27.7 Å². The van der Waals surface area contributed by atoms with Crippen LogP contribution in [0.2, 0.25) is 0 Å². The molecule has 0 bridgehead atoms. The van der Waals surface area contributed by atoms with E-state index in [1.54, 1.807) is 0 Å². The topological polar surface area (TPSA) is 83.5 Å². The molecule has 0 saturated carbocycles. The molecule has 1 aromatic heterocycles. The van der Waals surface area contributed by atoms with Gasteiger partial charge in [-0.05, 0) is 49.8 Å². The van der Waals surface area contributed by atoms with Gasteiger partial charge < -0.3 is 0 Å². The molecule has 0 saturated heterocycles. The molecule has 30 heavy (non-hydrogen) atoms. The lowest BCUT2D eigenvalue weighted by Crippen LogP contribution is -2.26. The van der Waals surface area contributed by atoms with Crippen LogP contribution in [0.5, 0.6) is 0 Å². The maximum atomic E-state index is 11.1. The summed E-state index contributed by atoms with van der Waals surface area (Å²) >= 11 is 1.38. The minimum atomic E-state index is 0.0429. The van der Waals surface area contributed by atoms with Crippen LogP contribution < -0.4 is 4.80 Å². The molecule has 1 atom stereocenters. The van der Waals surface area contributed by atoms with Crippen LogP contribution in [0, 0.1) is 18.3 Å². The Balaban J connectivity index is 1.98. The molecule has 1 unspecified atom stereocenters. The Kier molecular flexibility index (Phi) is 6.92. The molecule has 1 aromatic carbocycles. The highest BCUT2D eigenvalue weighted by Gasteiger charge is 2.24. The number of aromatic nitrogens is 2. The van der Waals surface area contributed by atoms with Gasteiger partial charge >= 0.3 is 0 Å². The minimum Gasteiger partial charge on any atom is -0.283 e. The van der Waals surface area contributed by atoms with Crippen molar-refractivity contribution in [2.75, 3.05) is 0 Å². The Morgan fingerprint density at radius 1 is 1.37 bits per heavy atom. The Bertz CT molecular complexity index is 1090. The molecule has 1 N–H and O–H groups in total. The number of allylic oxidation sites excluding steroid dienone is 2. The number of carbonyl (C=O) groups excluding carboxylic acids is 1. The van der Waals surface area contributed by atoms with Crippen molar-refractivity contribution in [2.24, 2.45) is 15.9 Å². The average molecular weight is 424 g/mol. The van der Waals surface area contributed by atoms with Crippen LogP contribution in [0.1, 0.15) is 62.6 Å². The fraction of sp³-hybridized carbons (Fsp3) is 0.435. The van der Waals surface area contributed by atoms with E-state index in [4.69, 9.17) is 10.4 Å². The van der Waals surface area contributed by atoms with Crippen molar-refractivity contribution >= 4 is 35.0 Å². The second-order valence-electron chi connectivity index (χ2n) is 8.04. The number of rotatable bonds is 7. The molecule has 3 rings (SSSR count). The van der Waals surface area contributed by atoms with E-state index in [9.17, 15) is 4.79 Å². The van der Waals surface area contributed by atoms with Gasteiger partial charge in [-0.3, -0.25) is 15.2 Å². The van der Waals surface area contributed by atoms with Gasteiger partial charge in [-0.2, -0.15) is 14.8 Å². The van der Waals surface area contributed by atoms with E-state index in [1.165, 1.54) is 27.1 Å². The summed E-state index contributed by atoms with van der Waals surface area (Å²) in [5.41, 5.74) is 5.24. The number of nitrogens with zero attached hydrogens (tertiary/aromatic N) is 4. The number of amides is 1. The van der Waals surface area contributed by atoms with Gasteiger partial charge in [-0.1, -0.05) is 55.9 Å². The van der Waals surface area contributed by atoms with Gasteiger partial charge in [0.25, 0.3) is 0 Å².